The maximum absolute atomic E-state index is 11.6. The smallest absolute Gasteiger partial charge is 0.326 e. The van der Waals surface area contributed by atoms with Crippen molar-refractivity contribution in [1.82, 2.24) is 15.5 Å². The van der Waals surface area contributed by atoms with Crippen molar-refractivity contribution in [1.29, 1.82) is 0 Å². The molecule has 0 saturated carbocycles. The number of ether oxygens (including phenoxy) is 1. The number of unbranched alkanes of at least 4 members (excludes halogenated alkanes) is 1. The highest BCUT2D eigenvalue weighted by Crippen LogP contribution is 1.99. The van der Waals surface area contributed by atoms with Gasteiger partial charge in [-0.3, -0.25) is 4.79 Å². The average Bonchev–Trinajstić information content (AvgIpc) is 2.41. The van der Waals surface area contributed by atoms with Crippen LogP contribution < -0.4 is 10.6 Å². The third-order valence-electron chi connectivity index (χ3n) is 2.79. The molecule has 0 aliphatic heterocycles. The lowest BCUT2D eigenvalue weighted by Crippen LogP contribution is -2.46. The molecule has 2 amide bonds. The molecule has 8 heteroatoms. The molecule has 0 unspecified atom stereocenters. The van der Waals surface area contributed by atoms with E-state index in [-0.39, 0.29) is 12.8 Å². The summed E-state index contributed by atoms with van der Waals surface area (Å²) in [5, 5.41) is 13.9. The predicted octanol–water partition coefficient (Wildman–Crippen LogP) is 0.0338. The van der Waals surface area contributed by atoms with Crippen LogP contribution in [0.4, 0.5) is 4.79 Å². The number of methoxy groups -OCH3 is 1. The van der Waals surface area contributed by atoms with Crippen molar-refractivity contribution in [2.45, 2.75) is 31.7 Å². The third kappa shape index (κ3) is 10.6. The summed E-state index contributed by atoms with van der Waals surface area (Å²) in [5.41, 5.74) is 0. The first-order chi connectivity index (χ1) is 9.86. The molecule has 0 spiro atoms. The average molecular weight is 303 g/mol. The first-order valence-electron chi connectivity index (χ1n) is 6.85. The van der Waals surface area contributed by atoms with E-state index in [1.807, 2.05) is 19.0 Å². The monoisotopic (exact) mass is 303 g/mol. The van der Waals surface area contributed by atoms with Crippen LogP contribution in [0.2, 0.25) is 0 Å². The van der Waals surface area contributed by atoms with Gasteiger partial charge in [0, 0.05) is 13.0 Å². The number of hydrogen-bond donors (Lipinski definition) is 3. The molecule has 0 aliphatic rings. The molecule has 122 valence electrons. The van der Waals surface area contributed by atoms with Crippen molar-refractivity contribution in [2.75, 3.05) is 34.3 Å². The van der Waals surface area contributed by atoms with E-state index in [1.165, 1.54) is 7.11 Å². The van der Waals surface area contributed by atoms with Crippen LogP contribution in [0.5, 0.6) is 0 Å². The van der Waals surface area contributed by atoms with Gasteiger partial charge in [-0.15, -0.1) is 0 Å². The number of rotatable bonds is 10. The summed E-state index contributed by atoms with van der Waals surface area (Å²) in [6.07, 6.45) is 1.69. The fourth-order valence-corrected chi connectivity index (χ4v) is 1.59. The number of nitrogens with zero attached hydrogens (tertiary/aromatic N) is 1. The molecule has 0 heterocycles. The van der Waals surface area contributed by atoms with Gasteiger partial charge >= 0.3 is 18.0 Å². The Morgan fingerprint density at radius 3 is 2.43 bits per heavy atom. The molecule has 1 atom stereocenters. The predicted molar refractivity (Wildman–Crippen MR) is 77.0 cm³/mol. The standard InChI is InChI=1S/C13H25N3O5/c1-16(2)9-5-4-8-14-13(20)15-10(12(18)19)6-7-11(17)21-3/h10H,4-9H2,1-3H3,(H,18,19)(H2,14,15,20)/t10-/m1/s1. The summed E-state index contributed by atoms with van der Waals surface area (Å²) in [5.74, 6) is -1.69. The van der Waals surface area contributed by atoms with Gasteiger partial charge in [0.1, 0.15) is 6.04 Å². The van der Waals surface area contributed by atoms with Crippen LogP contribution in [0, 0.1) is 0 Å². The van der Waals surface area contributed by atoms with Crippen LogP contribution >= 0.6 is 0 Å². The normalized spacial score (nSPS) is 11.8. The van der Waals surface area contributed by atoms with Gasteiger partial charge < -0.3 is 25.4 Å². The van der Waals surface area contributed by atoms with E-state index in [0.717, 1.165) is 19.4 Å². The number of hydrogen-bond acceptors (Lipinski definition) is 5. The van der Waals surface area contributed by atoms with Crippen molar-refractivity contribution in [3.63, 3.8) is 0 Å². The zero-order valence-electron chi connectivity index (χ0n) is 12.8. The highest BCUT2D eigenvalue weighted by molar-refractivity contribution is 5.83. The number of aliphatic carboxylic acids is 1. The maximum Gasteiger partial charge on any atom is 0.326 e. The molecular weight excluding hydrogens is 278 g/mol. The van der Waals surface area contributed by atoms with Crippen LogP contribution in [0.25, 0.3) is 0 Å². The number of carboxylic acid groups (broad SMARTS) is 1. The summed E-state index contributed by atoms with van der Waals surface area (Å²) in [6, 6.07) is -1.65. The number of nitrogens with one attached hydrogen (secondary N) is 2. The Balaban J connectivity index is 3.95. The van der Waals surface area contributed by atoms with Gasteiger partial charge in [-0.25, -0.2) is 9.59 Å². The molecule has 8 nitrogen and oxygen atoms in total. The highest BCUT2D eigenvalue weighted by Gasteiger charge is 2.20. The zero-order chi connectivity index (χ0) is 16.3. The van der Waals surface area contributed by atoms with Crippen LogP contribution in [-0.4, -0.2) is 68.3 Å². The molecule has 0 fully saturated rings. The van der Waals surface area contributed by atoms with Gasteiger partial charge in [0.15, 0.2) is 0 Å². The van der Waals surface area contributed by atoms with Crippen LogP contribution in [-0.2, 0) is 14.3 Å². The number of esters is 1. The Morgan fingerprint density at radius 1 is 1.24 bits per heavy atom. The minimum absolute atomic E-state index is 0.00391. The fourth-order valence-electron chi connectivity index (χ4n) is 1.59. The SMILES string of the molecule is COC(=O)CC[C@@H](NC(=O)NCCCCN(C)C)C(=O)O. The third-order valence-corrected chi connectivity index (χ3v) is 2.79. The minimum Gasteiger partial charge on any atom is -0.480 e. The Morgan fingerprint density at radius 2 is 1.90 bits per heavy atom. The molecule has 0 aromatic heterocycles. The second-order valence-electron chi connectivity index (χ2n) is 4.92. The molecule has 0 aromatic carbocycles. The van der Waals surface area contributed by atoms with E-state index in [4.69, 9.17) is 5.11 Å². The van der Waals surface area contributed by atoms with Gasteiger partial charge in [0.05, 0.1) is 7.11 Å². The molecule has 3 N–H and O–H groups in total. The summed E-state index contributed by atoms with van der Waals surface area (Å²) in [6.45, 7) is 1.41. The summed E-state index contributed by atoms with van der Waals surface area (Å²) < 4.78 is 4.43. The van der Waals surface area contributed by atoms with Gasteiger partial charge in [0.25, 0.3) is 0 Å². The largest absolute Gasteiger partial charge is 0.480 e. The van der Waals surface area contributed by atoms with E-state index in [9.17, 15) is 14.4 Å². The number of carbonyl (C=O) groups excluding carboxylic acids is 2. The lowest BCUT2D eigenvalue weighted by atomic mass is 10.1. The quantitative estimate of drug-likeness (QED) is 0.388. The van der Waals surface area contributed by atoms with Crippen molar-refractivity contribution >= 4 is 18.0 Å². The number of amides is 2. The molecule has 0 aliphatic carbocycles. The molecular formula is C13H25N3O5. The lowest BCUT2D eigenvalue weighted by molar-refractivity contribution is -0.142. The first-order valence-corrected chi connectivity index (χ1v) is 6.85. The molecule has 0 rings (SSSR count). The summed E-state index contributed by atoms with van der Waals surface area (Å²) >= 11 is 0. The van der Waals surface area contributed by atoms with E-state index in [0.29, 0.717) is 6.54 Å². The Hall–Kier alpha value is -1.83. The molecule has 21 heavy (non-hydrogen) atoms. The van der Waals surface area contributed by atoms with Gasteiger partial charge in [-0.2, -0.15) is 0 Å². The Labute approximate surface area is 124 Å². The van der Waals surface area contributed by atoms with Crippen molar-refractivity contribution in [2.24, 2.45) is 0 Å². The lowest BCUT2D eigenvalue weighted by Gasteiger charge is -2.15. The topological polar surface area (TPSA) is 108 Å². The molecule has 0 aromatic rings. The highest BCUT2D eigenvalue weighted by atomic mass is 16.5. The van der Waals surface area contributed by atoms with Crippen molar-refractivity contribution in [3.8, 4) is 0 Å². The molecule has 0 bridgehead atoms. The van der Waals surface area contributed by atoms with Gasteiger partial charge in [-0.05, 0) is 39.9 Å². The van der Waals surface area contributed by atoms with E-state index < -0.39 is 24.0 Å². The number of carbonyl (C=O) groups is 3. The van der Waals surface area contributed by atoms with Gasteiger partial charge in [-0.1, -0.05) is 0 Å². The summed E-state index contributed by atoms with van der Waals surface area (Å²) in [7, 11) is 5.17. The Bertz CT molecular complexity index is 347. The Kier molecular flexibility index (Phi) is 9.95. The fraction of sp³-hybridized carbons (Fsp3) is 0.769. The number of carboxylic acids is 1. The van der Waals surface area contributed by atoms with E-state index in [2.05, 4.69) is 15.4 Å². The van der Waals surface area contributed by atoms with Crippen LogP contribution in [0.3, 0.4) is 0 Å². The van der Waals surface area contributed by atoms with Crippen molar-refractivity contribution in [3.05, 3.63) is 0 Å². The summed E-state index contributed by atoms with van der Waals surface area (Å²) in [4.78, 5) is 35.6. The van der Waals surface area contributed by atoms with Crippen molar-refractivity contribution < 1.29 is 24.2 Å². The zero-order valence-corrected chi connectivity index (χ0v) is 12.8. The van der Waals surface area contributed by atoms with E-state index in [1.54, 1.807) is 0 Å². The minimum atomic E-state index is -1.18. The second-order valence-corrected chi connectivity index (χ2v) is 4.92. The second kappa shape index (κ2) is 10.9. The number of urea groups is 1. The molecule has 0 saturated heterocycles. The van der Waals surface area contributed by atoms with Gasteiger partial charge in [0.2, 0.25) is 0 Å². The first kappa shape index (κ1) is 19.2. The van der Waals surface area contributed by atoms with E-state index >= 15 is 0 Å². The maximum atomic E-state index is 11.6. The molecule has 0 radical (unpaired) electrons. The van der Waals surface area contributed by atoms with Crippen LogP contribution in [0.15, 0.2) is 0 Å². The van der Waals surface area contributed by atoms with Crippen LogP contribution in [0.1, 0.15) is 25.7 Å².